The monoisotopic (exact) mass is 265 g/mol. The lowest BCUT2D eigenvalue weighted by Crippen LogP contribution is -2.13. The number of benzene rings is 2. The average Bonchev–Trinajstić information content (AvgIpc) is 3.17. The molecule has 0 aliphatic heterocycles. The van der Waals surface area contributed by atoms with Crippen LogP contribution in [-0.4, -0.2) is 24.5 Å². The maximum absolute atomic E-state index is 5.53. The molecule has 0 aromatic heterocycles. The van der Waals surface area contributed by atoms with Gasteiger partial charge in [0.25, 0.3) is 0 Å². The first-order chi connectivity index (χ1) is 9.73. The third-order valence-corrected chi connectivity index (χ3v) is 3.99. The Morgan fingerprint density at radius 2 is 1.50 bits per heavy atom. The van der Waals surface area contributed by atoms with Crippen LogP contribution in [0.15, 0.2) is 65.7 Å². The van der Waals surface area contributed by atoms with Gasteiger partial charge < -0.3 is 4.74 Å². The molecule has 2 aromatic rings. The molecule has 0 heterocycles. The zero-order chi connectivity index (χ0) is 14.0. The molecule has 0 bridgehead atoms. The number of hydrogen-bond acceptors (Lipinski definition) is 2. The summed E-state index contributed by atoms with van der Waals surface area (Å²) in [5.74, 6) is 0. The summed E-state index contributed by atoms with van der Waals surface area (Å²) in [4.78, 5) is 4.94. The van der Waals surface area contributed by atoms with Gasteiger partial charge in [-0.3, -0.25) is 4.99 Å². The molecule has 2 atom stereocenters. The van der Waals surface area contributed by atoms with Crippen LogP contribution in [0.3, 0.4) is 0 Å². The zero-order valence-electron chi connectivity index (χ0n) is 11.9. The minimum Gasteiger partial charge on any atom is -0.376 e. The number of ether oxygens (including phenoxy) is 1. The normalized spacial score (nSPS) is 24.2. The summed E-state index contributed by atoms with van der Waals surface area (Å²) in [5.41, 5.74) is 3.28. The summed E-state index contributed by atoms with van der Waals surface area (Å²) in [7, 11) is 1.76. The van der Waals surface area contributed by atoms with E-state index in [1.54, 1.807) is 7.11 Å². The van der Waals surface area contributed by atoms with Gasteiger partial charge in [0.1, 0.15) is 0 Å². The molecule has 2 aromatic carbocycles. The van der Waals surface area contributed by atoms with Crippen LogP contribution in [0.1, 0.15) is 24.5 Å². The van der Waals surface area contributed by atoms with Gasteiger partial charge in [-0.2, -0.15) is 0 Å². The zero-order valence-corrected chi connectivity index (χ0v) is 11.9. The summed E-state index contributed by atoms with van der Waals surface area (Å²) in [6, 6.07) is 21.0. The van der Waals surface area contributed by atoms with Crippen molar-refractivity contribution in [3.05, 3.63) is 71.8 Å². The molecule has 102 valence electrons. The summed E-state index contributed by atoms with van der Waals surface area (Å²) < 4.78 is 5.53. The molecule has 20 heavy (non-hydrogen) atoms. The van der Waals surface area contributed by atoms with Gasteiger partial charge in [-0.05, 0) is 6.92 Å². The second-order valence-electron chi connectivity index (χ2n) is 5.45. The highest BCUT2D eigenvalue weighted by Crippen LogP contribution is 2.42. The second kappa shape index (κ2) is 5.22. The van der Waals surface area contributed by atoms with Crippen LogP contribution in [-0.2, 0) is 4.74 Å². The highest BCUT2D eigenvalue weighted by Gasteiger charge is 2.51. The van der Waals surface area contributed by atoms with E-state index in [4.69, 9.17) is 9.73 Å². The summed E-state index contributed by atoms with van der Waals surface area (Å²) in [5, 5.41) is 0. The van der Waals surface area contributed by atoms with Crippen LogP contribution in [0, 0.1) is 0 Å². The van der Waals surface area contributed by atoms with E-state index in [-0.39, 0.29) is 11.6 Å². The lowest BCUT2D eigenvalue weighted by atomic mass is 10.0. The van der Waals surface area contributed by atoms with Crippen LogP contribution in [0.2, 0.25) is 0 Å². The lowest BCUT2D eigenvalue weighted by molar-refractivity contribution is 0.0919. The fourth-order valence-electron chi connectivity index (χ4n) is 2.39. The molecule has 0 radical (unpaired) electrons. The molecule has 0 unspecified atom stereocenters. The highest BCUT2D eigenvalue weighted by atomic mass is 16.5. The molecule has 1 fully saturated rings. The lowest BCUT2D eigenvalue weighted by Gasteiger charge is -2.10. The Morgan fingerprint density at radius 1 is 1.00 bits per heavy atom. The van der Waals surface area contributed by atoms with Gasteiger partial charge in [-0.15, -0.1) is 0 Å². The van der Waals surface area contributed by atoms with Crippen molar-refractivity contribution < 1.29 is 4.74 Å². The minimum absolute atomic E-state index is 0.0885. The standard InChI is InChI=1S/C18H19NO/c1-18(20-2)13-16(18)19-17(14-9-5-3-6-10-14)15-11-7-4-8-12-15/h3-12,16H,13H2,1-2H3/t16-,18+/m0/s1. The Hall–Kier alpha value is -1.93. The predicted molar refractivity (Wildman–Crippen MR) is 82.3 cm³/mol. The first-order valence-electron chi connectivity index (χ1n) is 6.97. The van der Waals surface area contributed by atoms with Crippen LogP contribution >= 0.6 is 0 Å². The maximum atomic E-state index is 5.53. The molecule has 1 saturated carbocycles. The molecule has 0 spiro atoms. The fraction of sp³-hybridized carbons (Fsp3) is 0.278. The molecular formula is C18H19NO. The predicted octanol–water partition coefficient (Wildman–Crippen LogP) is 3.70. The van der Waals surface area contributed by atoms with E-state index in [1.165, 1.54) is 0 Å². The van der Waals surface area contributed by atoms with Gasteiger partial charge in [-0.25, -0.2) is 0 Å². The van der Waals surface area contributed by atoms with Gasteiger partial charge >= 0.3 is 0 Å². The van der Waals surface area contributed by atoms with Gasteiger partial charge in [0.2, 0.25) is 0 Å². The van der Waals surface area contributed by atoms with Gasteiger partial charge in [0.05, 0.1) is 17.4 Å². The van der Waals surface area contributed by atoms with Crippen molar-refractivity contribution in [1.82, 2.24) is 0 Å². The summed E-state index contributed by atoms with van der Waals surface area (Å²) in [6.45, 7) is 2.12. The van der Waals surface area contributed by atoms with E-state index in [0.29, 0.717) is 0 Å². The number of aliphatic imine (C=N–C) groups is 1. The molecule has 2 heteroatoms. The first kappa shape index (κ1) is 13.1. The van der Waals surface area contributed by atoms with Crippen molar-refractivity contribution in [2.75, 3.05) is 7.11 Å². The molecule has 3 rings (SSSR count). The third kappa shape index (κ3) is 2.52. The van der Waals surface area contributed by atoms with E-state index in [2.05, 4.69) is 55.5 Å². The second-order valence-corrected chi connectivity index (χ2v) is 5.45. The molecule has 0 saturated heterocycles. The number of methoxy groups -OCH3 is 1. The highest BCUT2D eigenvalue weighted by molar-refractivity contribution is 6.13. The smallest absolute Gasteiger partial charge is 0.0895 e. The van der Waals surface area contributed by atoms with Crippen molar-refractivity contribution in [2.24, 2.45) is 4.99 Å². The average molecular weight is 265 g/mol. The topological polar surface area (TPSA) is 21.6 Å². The van der Waals surface area contributed by atoms with E-state index in [0.717, 1.165) is 23.3 Å². The minimum atomic E-state index is -0.0885. The molecule has 0 amide bonds. The van der Waals surface area contributed by atoms with Crippen molar-refractivity contribution in [1.29, 1.82) is 0 Å². The SMILES string of the molecule is CO[C@]1(C)C[C@@H]1N=C(c1ccccc1)c1ccccc1. The quantitative estimate of drug-likeness (QED) is 0.772. The van der Waals surface area contributed by atoms with Gasteiger partial charge in [0.15, 0.2) is 0 Å². The maximum Gasteiger partial charge on any atom is 0.0895 e. The Labute approximate surface area is 120 Å². The van der Waals surface area contributed by atoms with Crippen molar-refractivity contribution in [3.63, 3.8) is 0 Å². The van der Waals surface area contributed by atoms with E-state index >= 15 is 0 Å². The third-order valence-electron chi connectivity index (χ3n) is 3.99. The van der Waals surface area contributed by atoms with Crippen LogP contribution < -0.4 is 0 Å². The van der Waals surface area contributed by atoms with E-state index in [1.807, 2.05) is 12.1 Å². The Balaban J connectivity index is 2.00. The first-order valence-corrected chi connectivity index (χ1v) is 6.97. The number of nitrogens with zero attached hydrogens (tertiary/aromatic N) is 1. The Kier molecular flexibility index (Phi) is 3.41. The number of hydrogen-bond donors (Lipinski definition) is 0. The number of rotatable bonds is 4. The summed E-state index contributed by atoms with van der Waals surface area (Å²) >= 11 is 0. The Bertz CT molecular complexity index is 564. The summed E-state index contributed by atoms with van der Waals surface area (Å²) in [6.07, 6.45) is 0.993. The molecule has 1 aliphatic carbocycles. The Morgan fingerprint density at radius 3 is 1.90 bits per heavy atom. The van der Waals surface area contributed by atoms with Gasteiger partial charge in [-0.1, -0.05) is 60.7 Å². The van der Waals surface area contributed by atoms with Crippen LogP contribution in [0.5, 0.6) is 0 Å². The van der Waals surface area contributed by atoms with Crippen molar-refractivity contribution >= 4 is 5.71 Å². The molecule has 0 N–H and O–H groups in total. The van der Waals surface area contributed by atoms with E-state index < -0.39 is 0 Å². The van der Waals surface area contributed by atoms with Crippen LogP contribution in [0.4, 0.5) is 0 Å². The van der Waals surface area contributed by atoms with E-state index in [9.17, 15) is 0 Å². The van der Waals surface area contributed by atoms with Crippen LogP contribution in [0.25, 0.3) is 0 Å². The molecular weight excluding hydrogens is 246 g/mol. The molecule has 1 aliphatic rings. The molecule has 2 nitrogen and oxygen atoms in total. The van der Waals surface area contributed by atoms with Crippen molar-refractivity contribution in [2.45, 2.75) is 25.0 Å². The fourth-order valence-corrected chi connectivity index (χ4v) is 2.39. The van der Waals surface area contributed by atoms with Gasteiger partial charge in [0, 0.05) is 24.7 Å². The van der Waals surface area contributed by atoms with Crippen molar-refractivity contribution in [3.8, 4) is 0 Å². The largest absolute Gasteiger partial charge is 0.376 e.